The van der Waals surface area contributed by atoms with Crippen molar-refractivity contribution in [1.82, 2.24) is 14.9 Å². The van der Waals surface area contributed by atoms with Gasteiger partial charge < -0.3 is 16.0 Å². The van der Waals surface area contributed by atoms with Crippen LogP contribution in [0.25, 0.3) is 0 Å². The number of allylic oxidation sites excluding steroid dienone is 1. The first-order valence-electron chi connectivity index (χ1n) is 8.44. The minimum atomic E-state index is -0.0843. The number of aromatic nitrogens is 2. The molecule has 3 N–H and O–H groups in total. The fourth-order valence-corrected chi connectivity index (χ4v) is 2.71. The van der Waals surface area contributed by atoms with E-state index >= 15 is 0 Å². The van der Waals surface area contributed by atoms with Crippen molar-refractivity contribution in [2.24, 2.45) is 4.99 Å². The maximum Gasteiger partial charge on any atom is 0.272 e. The summed E-state index contributed by atoms with van der Waals surface area (Å²) in [5.41, 5.74) is 8.17. The maximum absolute atomic E-state index is 12.6. The van der Waals surface area contributed by atoms with Crippen LogP contribution in [0.1, 0.15) is 44.9 Å². The zero-order valence-electron chi connectivity index (χ0n) is 14.7. The number of nitrogens with zero attached hydrogens (tertiary/aromatic N) is 4. The summed E-state index contributed by atoms with van der Waals surface area (Å²) in [5.74, 6) is 0.953. The molecule has 0 fully saturated rings. The van der Waals surface area contributed by atoms with E-state index in [0.29, 0.717) is 25.2 Å². The Bertz CT molecular complexity index is 653. The van der Waals surface area contributed by atoms with Crippen molar-refractivity contribution in [2.45, 2.75) is 46.6 Å². The first-order chi connectivity index (χ1) is 11.6. The number of hydrogen-bond donors (Lipinski definition) is 2. The Kier molecular flexibility index (Phi) is 6.28. The molecule has 0 aromatic carbocycles. The molecule has 24 heavy (non-hydrogen) atoms. The van der Waals surface area contributed by atoms with E-state index in [0.717, 1.165) is 36.5 Å². The second-order valence-corrected chi connectivity index (χ2v) is 5.67. The van der Waals surface area contributed by atoms with Gasteiger partial charge in [-0.2, -0.15) is 4.98 Å². The first kappa shape index (κ1) is 17.9. The van der Waals surface area contributed by atoms with Gasteiger partial charge in [0.05, 0.1) is 12.2 Å². The molecule has 1 aromatic heterocycles. The highest BCUT2D eigenvalue weighted by atomic mass is 16.2. The molecule has 0 aliphatic carbocycles. The zero-order chi connectivity index (χ0) is 17.5. The Morgan fingerprint density at radius 2 is 2.21 bits per heavy atom. The number of fused-ring (bicyclic) bond motifs is 1. The average molecular weight is 330 g/mol. The van der Waals surface area contributed by atoms with E-state index in [4.69, 9.17) is 5.73 Å². The molecule has 0 bridgehead atoms. The number of unbranched alkanes of at least 4 members (excludes halogenated alkanes) is 1. The molecule has 0 saturated carbocycles. The average Bonchev–Trinajstić information content (AvgIpc) is 2.58. The summed E-state index contributed by atoms with van der Waals surface area (Å²) < 4.78 is 0. The Balaban J connectivity index is 2.20. The van der Waals surface area contributed by atoms with E-state index in [-0.39, 0.29) is 11.9 Å². The minimum absolute atomic E-state index is 0.0843. The molecular weight excluding hydrogens is 304 g/mol. The van der Waals surface area contributed by atoms with Crippen LogP contribution in [-0.2, 0) is 17.8 Å². The van der Waals surface area contributed by atoms with Gasteiger partial charge in [-0.05, 0) is 26.7 Å². The molecule has 1 aliphatic rings. The van der Waals surface area contributed by atoms with E-state index in [1.807, 2.05) is 6.92 Å². The summed E-state index contributed by atoms with van der Waals surface area (Å²) in [6, 6.07) is 0. The van der Waals surface area contributed by atoms with Crippen molar-refractivity contribution in [2.75, 3.05) is 24.1 Å². The van der Waals surface area contributed by atoms with Gasteiger partial charge >= 0.3 is 0 Å². The Morgan fingerprint density at radius 1 is 1.42 bits per heavy atom. The normalized spacial score (nSPS) is 14.8. The van der Waals surface area contributed by atoms with E-state index in [2.05, 4.69) is 27.2 Å². The van der Waals surface area contributed by atoms with Crippen LogP contribution >= 0.6 is 0 Å². The standard InChI is InChI=1S/C17H26N6O/c1-4-7-9-20-15-12-8-10-23(11-14(12)21-17(18)22-15)16(24)13(5-2)19-6-3/h5-6H,4,7-11H2,1-3H3,(H3,18,20,21,22)/b13-5-,19-6?. The van der Waals surface area contributed by atoms with Gasteiger partial charge in [0.25, 0.3) is 5.91 Å². The van der Waals surface area contributed by atoms with Gasteiger partial charge in [-0.1, -0.05) is 19.4 Å². The molecular formula is C17H26N6O. The molecule has 0 atom stereocenters. The number of nitrogens with two attached hydrogens (primary N) is 1. The molecule has 130 valence electrons. The van der Waals surface area contributed by atoms with Crippen LogP contribution < -0.4 is 11.1 Å². The summed E-state index contributed by atoms with van der Waals surface area (Å²) in [6.45, 7) is 7.67. The molecule has 0 saturated heterocycles. The smallest absolute Gasteiger partial charge is 0.272 e. The quantitative estimate of drug-likeness (QED) is 0.473. The highest BCUT2D eigenvalue weighted by Crippen LogP contribution is 2.25. The predicted molar refractivity (Wildman–Crippen MR) is 96.9 cm³/mol. The van der Waals surface area contributed by atoms with Crippen molar-refractivity contribution in [3.8, 4) is 0 Å². The fourth-order valence-electron chi connectivity index (χ4n) is 2.71. The van der Waals surface area contributed by atoms with Crippen LogP contribution in [0.2, 0.25) is 0 Å². The molecule has 2 heterocycles. The van der Waals surface area contributed by atoms with Crippen LogP contribution in [0, 0.1) is 0 Å². The minimum Gasteiger partial charge on any atom is -0.370 e. The molecule has 1 aromatic rings. The SMILES string of the molecule is CC=N/C(=C\C)C(=O)N1CCc2c(nc(N)nc2NCCCC)C1. The number of nitrogen functional groups attached to an aromatic ring is 1. The zero-order valence-corrected chi connectivity index (χ0v) is 14.7. The molecule has 2 rings (SSSR count). The van der Waals surface area contributed by atoms with E-state index in [1.165, 1.54) is 0 Å². The molecule has 0 unspecified atom stereocenters. The summed E-state index contributed by atoms with van der Waals surface area (Å²) in [5, 5.41) is 3.34. The predicted octanol–water partition coefficient (Wildman–Crippen LogP) is 2.15. The van der Waals surface area contributed by atoms with Gasteiger partial charge in [0.1, 0.15) is 11.5 Å². The number of anilines is 2. The lowest BCUT2D eigenvalue weighted by Crippen LogP contribution is -2.37. The first-order valence-corrected chi connectivity index (χ1v) is 8.44. The van der Waals surface area contributed by atoms with Gasteiger partial charge in [0.15, 0.2) is 0 Å². The summed E-state index contributed by atoms with van der Waals surface area (Å²) in [6.07, 6.45) is 6.25. The van der Waals surface area contributed by atoms with Crippen molar-refractivity contribution in [3.05, 3.63) is 23.0 Å². The van der Waals surface area contributed by atoms with Crippen molar-refractivity contribution in [1.29, 1.82) is 0 Å². The lowest BCUT2D eigenvalue weighted by molar-refractivity contribution is -0.128. The number of aliphatic imine (C=N–C) groups is 1. The second-order valence-electron chi connectivity index (χ2n) is 5.67. The lowest BCUT2D eigenvalue weighted by atomic mass is 10.0. The number of carbonyl (C=O) groups is 1. The second kappa shape index (κ2) is 8.42. The van der Waals surface area contributed by atoms with Crippen molar-refractivity contribution >= 4 is 23.9 Å². The van der Waals surface area contributed by atoms with Gasteiger partial charge in [0.2, 0.25) is 5.95 Å². The van der Waals surface area contributed by atoms with Gasteiger partial charge in [0, 0.05) is 24.9 Å². The van der Waals surface area contributed by atoms with E-state index in [9.17, 15) is 4.79 Å². The third kappa shape index (κ3) is 4.10. The van der Waals surface area contributed by atoms with Crippen molar-refractivity contribution < 1.29 is 4.79 Å². The molecule has 0 spiro atoms. The van der Waals surface area contributed by atoms with E-state index < -0.39 is 0 Å². The number of carbonyl (C=O) groups excluding carboxylic acids is 1. The Hall–Kier alpha value is -2.44. The van der Waals surface area contributed by atoms with Gasteiger partial charge in [-0.15, -0.1) is 0 Å². The van der Waals surface area contributed by atoms with Gasteiger partial charge in [-0.3, -0.25) is 9.79 Å². The summed E-state index contributed by atoms with van der Waals surface area (Å²) in [4.78, 5) is 27.1. The van der Waals surface area contributed by atoms with Crippen LogP contribution in [0.3, 0.4) is 0 Å². The third-order valence-corrected chi connectivity index (χ3v) is 3.95. The van der Waals surface area contributed by atoms with Gasteiger partial charge in [-0.25, -0.2) is 4.98 Å². The topological polar surface area (TPSA) is 96.5 Å². The fraction of sp³-hybridized carbons (Fsp3) is 0.529. The highest BCUT2D eigenvalue weighted by molar-refractivity contribution is 5.94. The Morgan fingerprint density at radius 3 is 2.88 bits per heavy atom. The molecule has 1 aliphatic heterocycles. The number of hydrogen-bond acceptors (Lipinski definition) is 6. The molecule has 0 radical (unpaired) electrons. The largest absolute Gasteiger partial charge is 0.370 e. The monoisotopic (exact) mass is 330 g/mol. The third-order valence-electron chi connectivity index (χ3n) is 3.95. The summed E-state index contributed by atoms with van der Waals surface area (Å²) in [7, 11) is 0. The Labute approximate surface area is 143 Å². The highest BCUT2D eigenvalue weighted by Gasteiger charge is 2.26. The molecule has 1 amide bonds. The van der Waals surface area contributed by atoms with E-state index in [1.54, 1.807) is 24.1 Å². The number of amides is 1. The molecule has 7 nitrogen and oxygen atoms in total. The number of rotatable bonds is 6. The maximum atomic E-state index is 12.6. The lowest BCUT2D eigenvalue weighted by Gasteiger charge is -2.29. The summed E-state index contributed by atoms with van der Waals surface area (Å²) >= 11 is 0. The molecule has 7 heteroatoms. The van der Waals surface area contributed by atoms with Crippen LogP contribution in [0.4, 0.5) is 11.8 Å². The van der Waals surface area contributed by atoms with Crippen LogP contribution in [0.5, 0.6) is 0 Å². The number of nitrogens with one attached hydrogen (secondary N) is 1. The van der Waals surface area contributed by atoms with Crippen molar-refractivity contribution in [3.63, 3.8) is 0 Å². The van der Waals surface area contributed by atoms with Crippen LogP contribution in [-0.4, -0.2) is 40.1 Å². The van der Waals surface area contributed by atoms with Crippen LogP contribution in [0.15, 0.2) is 16.8 Å².